The maximum absolute atomic E-state index is 12.4. The molecule has 0 spiro atoms. The highest BCUT2D eigenvalue weighted by molar-refractivity contribution is 6.04. The van der Waals surface area contributed by atoms with Gasteiger partial charge < -0.3 is 15.5 Å². The molecular formula is C23H25N5O. The highest BCUT2D eigenvalue weighted by Crippen LogP contribution is 2.22. The number of amides is 1. The van der Waals surface area contributed by atoms with E-state index in [9.17, 15) is 4.79 Å². The van der Waals surface area contributed by atoms with Crippen molar-refractivity contribution in [3.63, 3.8) is 0 Å². The second kappa shape index (κ2) is 8.31. The number of anilines is 4. The van der Waals surface area contributed by atoms with Crippen LogP contribution in [0.5, 0.6) is 0 Å². The van der Waals surface area contributed by atoms with E-state index in [1.165, 1.54) is 12.8 Å². The highest BCUT2D eigenvalue weighted by atomic mass is 16.1. The van der Waals surface area contributed by atoms with Gasteiger partial charge in [0.2, 0.25) is 5.95 Å². The second-order valence-electron chi connectivity index (χ2n) is 7.41. The van der Waals surface area contributed by atoms with E-state index in [1.807, 2.05) is 68.4 Å². The Bertz CT molecular complexity index is 993. The number of benzene rings is 2. The van der Waals surface area contributed by atoms with Gasteiger partial charge in [0, 0.05) is 41.8 Å². The van der Waals surface area contributed by atoms with Crippen LogP contribution in [0.25, 0.3) is 0 Å². The number of aromatic nitrogens is 2. The van der Waals surface area contributed by atoms with Gasteiger partial charge in [0.05, 0.1) is 0 Å². The molecule has 6 heteroatoms. The molecule has 2 N–H and O–H groups in total. The van der Waals surface area contributed by atoms with E-state index in [2.05, 4.69) is 25.5 Å². The fraction of sp³-hybridized carbons (Fsp3) is 0.261. The van der Waals surface area contributed by atoms with Crippen LogP contribution in [0, 0.1) is 13.8 Å². The minimum atomic E-state index is -0.122. The molecule has 0 radical (unpaired) electrons. The first-order chi connectivity index (χ1) is 14.1. The maximum Gasteiger partial charge on any atom is 0.255 e. The number of carbonyl (C=O) groups excluding carboxylic acids is 1. The van der Waals surface area contributed by atoms with Crippen molar-refractivity contribution in [3.8, 4) is 0 Å². The van der Waals surface area contributed by atoms with Gasteiger partial charge in [0.25, 0.3) is 5.91 Å². The summed E-state index contributed by atoms with van der Waals surface area (Å²) in [7, 11) is 0. The molecule has 6 nitrogen and oxygen atoms in total. The Morgan fingerprint density at radius 2 is 1.55 bits per heavy atom. The molecule has 0 aliphatic carbocycles. The van der Waals surface area contributed by atoms with Gasteiger partial charge in [0.15, 0.2) is 0 Å². The Morgan fingerprint density at radius 3 is 2.24 bits per heavy atom. The van der Waals surface area contributed by atoms with Crippen molar-refractivity contribution in [1.82, 2.24) is 9.97 Å². The summed E-state index contributed by atoms with van der Waals surface area (Å²) in [4.78, 5) is 23.8. The van der Waals surface area contributed by atoms with Gasteiger partial charge in [-0.05, 0) is 63.1 Å². The predicted molar refractivity (Wildman–Crippen MR) is 117 cm³/mol. The lowest BCUT2D eigenvalue weighted by Gasteiger charge is -2.17. The second-order valence-corrected chi connectivity index (χ2v) is 7.41. The number of hydrogen-bond donors (Lipinski definition) is 2. The topological polar surface area (TPSA) is 70.2 Å². The van der Waals surface area contributed by atoms with E-state index in [4.69, 9.17) is 0 Å². The number of nitrogens with zero attached hydrogens (tertiary/aromatic N) is 3. The molecule has 3 aromatic rings. The Morgan fingerprint density at radius 1 is 0.897 bits per heavy atom. The van der Waals surface area contributed by atoms with Gasteiger partial charge in [-0.3, -0.25) is 4.79 Å². The summed E-state index contributed by atoms with van der Waals surface area (Å²) < 4.78 is 0. The van der Waals surface area contributed by atoms with E-state index < -0.39 is 0 Å². The van der Waals surface area contributed by atoms with Crippen LogP contribution in [0.3, 0.4) is 0 Å². The van der Waals surface area contributed by atoms with E-state index in [0.717, 1.165) is 41.5 Å². The zero-order valence-electron chi connectivity index (χ0n) is 16.8. The SMILES string of the molecule is Cc1ccc(C(=O)Nc2ccc(Nc3nc(C)cc(N4CCCC4)n3)cc2)cc1. The summed E-state index contributed by atoms with van der Waals surface area (Å²) >= 11 is 0. The average Bonchev–Trinajstić information content (AvgIpc) is 3.24. The molecule has 1 saturated heterocycles. The van der Waals surface area contributed by atoms with E-state index in [0.29, 0.717) is 11.5 Å². The molecule has 148 valence electrons. The number of hydrogen-bond acceptors (Lipinski definition) is 5. The van der Waals surface area contributed by atoms with Crippen molar-refractivity contribution < 1.29 is 4.79 Å². The summed E-state index contributed by atoms with van der Waals surface area (Å²) in [6, 6.07) is 17.1. The first-order valence-corrected chi connectivity index (χ1v) is 9.92. The minimum Gasteiger partial charge on any atom is -0.356 e. The van der Waals surface area contributed by atoms with Crippen molar-refractivity contribution in [2.24, 2.45) is 0 Å². The highest BCUT2D eigenvalue weighted by Gasteiger charge is 2.15. The smallest absolute Gasteiger partial charge is 0.255 e. The van der Waals surface area contributed by atoms with E-state index in [1.54, 1.807) is 0 Å². The third-order valence-corrected chi connectivity index (χ3v) is 4.98. The van der Waals surface area contributed by atoms with Gasteiger partial charge in [-0.1, -0.05) is 17.7 Å². The van der Waals surface area contributed by atoms with Crippen LogP contribution in [-0.2, 0) is 0 Å². The van der Waals surface area contributed by atoms with Crippen LogP contribution >= 0.6 is 0 Å². The molecule has 1 aliphatic heterocycles. The van der Waals surface area contributed by atoms with Crippen LogP contribution in [-0.4, -0.2) is 29.0 Å². The largest absolute Gasteiger partial charge is 0.356 e. The number of carbonyl (C=O) groups is 1. The zero-order chi connectivity index (χ0) is 20.2. The first-order valence-electron chi connectivity index (χ1n) is 9.92. The van der Waals surface area contributed by atoms with Crippen LogP contribution in [0.2, 0.25) is 0 Å². The Kier molecular flexibility index (Phi) is 5.42. The van der Waals surface area contributed by atoms with Crippen molar-refractivity contribution in [3.05, 3.63) is 71.4 Å². The Labute approximate surface area is 171 Å². The van der Waals surface area contributed by atoms with Crippen LogP contribution in [0.15, 0.2) is 54.6 Å². The number of nitrogens with one attached hydrogen (secondary N) is 2. The first kappa shape index (κ1) is 18.9. The minimum absolute atomic E-state index is 0.122. The summed E-state index contributed by atoms with van der Waals surface area (Å²) in [6.45, 7) is 6.08. The third-order valence-electron chi connectivity index (χ3n) is 4.98. The number of rotatable bonds is 5. The quantitative estimate of drug-likeness (QED) is 0.665. The molecule has 1 fully saturated rings. The monoisotopic (exact) mass is 387 g/mol. The molecule has 29 heavy (non-hydrogen) atoms. The molecular weight excluding hydrogens is 362 g/mol. The van der Waals surface area contributed by atoms with Gasteiger partial charge in [-0.2, -0.15) is 4.98 Å². The van der Waals surface area contributed by atoms with Crippen LogP contribution in [0.1, 0.15) is 34.5 Å². The van der Waals surface area contributed by atoms with Gasteiger partial charge in [-0.25, -0.2) is 4.98 Å². The van der Waals surface area contributed by atoms with Gasteiger partial charge in [0.1, 0.15) is 5.82 Å². The van der Waals surface area contributed by atoms with Gasteiger partial charge >= 0.3 is 0 Å². The summed E-state index contributed by atoms with van der Waals surface area (Å²) in [6.07, 6.45) is 2.42. The molecule has 0 bridgehead atoms. The van der Waals surface area contributed by atoms with Crippen molar-refractivity contribution in [1.29, 1.82) is 0 Å². The van der Waals surface area contributed by atoms with Crippen LogP contribution < -0.4 is 15.5 Å². The van der Waals surface area contributed by atoms with Crippen molar-refractivity contribution >= 4 is 29.0 Å². The Balaban J connectivity index is 1.43. The Hall–Kier alpha value is -3.41. The predicted octanol–water partition coefficient (Wildman–Crippen LogP) is 4.69. The number of aryl methyl sites for hydroxylation is 2. The standard InChI is InChI=1S/C23H25N5O/c1-16-5-7-18(8-6-16)22(29)25-19-9-11-20(12-10-19)26-23-24-17(2)15-21(27-23)28-13-3-4-14-28/h5-12,15H,3-4,13-14H2,1-2H3,(H,25,29)(H,24,26,27). The molecule has 1 aliphatic rings. The van der Waals surface area contributed by atoms with E-state index in [-0.39, 0.29) is 5.91 Å². The lowest BCUT2D eigenvalue weighted by Crippen LogP contribution is -2.19. The lowest BCUT2D eigenvalue weighted by atomic mass is 10.1. The summed E-state index contributed by atoms with van der Waals surface area (Å²) in [5.41, 5.74) is 4.32. The van der Waals surface area contributed by atoms with E-state index >= 15 is 0 Å². The van der Waals surface area contributed by atoms with Crippen LogP contribution in [0.4, 0.5) is 23.1 Å². The molecule has 0 atom stereocenters. The molecule has 2 heterocycles. The molecule has 1 amide bonds. The van der Waals surface area contributed by atoms with Gasteiger partial charge in [-0.15, -0.1) is 0 Å². The maximum atomic E-state index is 12.4. The average molecular weight is 387 g/mol. The summed E-state index contributed by atoms with van der Waals surface area (Å²) in [5.74, 6) is 1.44. The molecule has 2 aromatic carbocycles. The molecule has 0 saturated carbocycles. The normalized spacial score (nSPS) is 13.4. The fourth-order valence-electron chi connectivity index (χ4n) is 3.39. The third kappa shape index (κ3) is 4.71. The van der Waals surface area contributed by atoms with Crippen molar-refractivity contribution in [2.75, 3.05) is 28.6 Å². The fourth-order valence-corrected chi connectivity index (χ4v) is 3.39. The lowest BCUT2D eigenvalue weighted by molar-refractivity contribution is 0.102. The van der Waals surface area contributed by atoms with Crippen molar-refractivity contribution in [2.45, 2.75) is 26.7 Å². The molecule has 4 rings (SSSR count). The molecule has 1 aromatic heterocycles. The molecule has 0 unspecified atom stereocenters. The summed E-state index contributed by atoms with van der Waals surface area (Å²) in [5, 5.41) is 6.18. The zero-order valence-corrected chi connectivity index (χ0v) is 16.8.